The molecule has 0 spiro atoms. The molecule has 4 nitrogen and oxygen atoms in total. The van der Waals surface area contributed by atoms with Crippen molar-refractivity contribution < 1.29 is 14.3 Å². The highest BCUT2D eigenvalue weighted by Crippen LogP contribution is 2.25. The van der Waals surface area contributed by atoms with E-state index in [0.717, 1.165) is 17.5 Å². The first-order chi connectivity index (χ1) is 11.2. The molecule has 2 aromatic carbocycles. The number of carbonyl (C=O) groups is 1. The van der Waals surface area contributed by atoms with Gasteiger partial charge < -0.3 is 9.52 Å². The van der Waals surface area contributed by atoms with Crippen LogP contribution in [0.25, 0.3) is 22.6 Å². The molecule has 0 aliphatic rings. The second kappa shape index (κ2) is 6.65. The number of fused-ring (bicyclic) bond motifs is 1. The summed E-state index contributed by atoms with van der Waals surface area (Å²) in [5.74, 6) is -0.287. The fraction of sp³-hybridized carbons (Fsp3) is 0.263. The van der Waals surface area contributed by atoms with E-state index in [0.29, 0.717) is 17.0 Å². The van der Waals surface area contributed by atoms with E-state index < -0.39 is 5.97 Å². The molecule has 0 atom stereocenters. The van der Waals surface area contributed by atoms with Crippen molar-refractivity contribution in [2.45, 2.75) is 32.6 Å². The van der Waals surface area contributed by atoms with Crippen LogP contribution >= 0.6 is 0 Å². The molecule has 118 valence electrons. The van der Waals surface area contributed by atoms with E-state index in [4.69, 9.17) is 9.52 Å². The van der Waals surface area contributed by atoms with Crippen molar-refractivity contribution in [3.05, 3.63) is 53.6 Å². The molecule has 3 aromatic rings. The summed E-state index contributed by atoms with van der Waals surface area (Å²) in [7, 11) is 0. The third-order valence-electron chi connectivity index (χ3n) is 3.83. The molecule has 0 amide bonds. The van der Waals surface area contributed by atoms with E-state index in [9.17, 15) is 4.79 Å². The SMILES string of the molecule is CCCCc1ccc(-c2nc3cc(CC(=O)O)ccc3o2)cc1. The van der Waals surface area contributed by atoms with Gasteiger partial charge in [0, 0.05) is 5.56 Å². The minimum absolute atomic E-state index is 0.00966. The molecule has 0 bridgehead atoms. The van der Waals surface area contributed by atoms with E-state index in [2.05, 4.69) is 24.0 Å². The molecule has 0 radical (unpaired) electrons. The summed E-state index contributed by atoms with van der Waals surface area (Å²) in [4.78, 5) is 15.3. The lowest BCUT2D eigenvalue weighted by Gasteiger charge is -2.00. The number of aliphatic carboxylic acids is 1. The van der Waals surface area contributed by atoms with Crippen LogP contribution in [0.15, 0.2) is 46.9 Å². The van der Waals surface area contributed by atoms with Crippen molar-refractivity contribution >= 4 is 17.1 Å². The maximum absolute atomic E-state index is 10.8. The summed E-state index contributed by atoms with van der Waals surface area (Å²) in [5, 5.41) is 8.87. The average molecular weight is 309 g/mol. The van der Waals surface area contributed by atoms with Gasteiger partial charge in [-0.05, 0) is 48.2 Å². The number of nitrogens with zero attached hydrogens (tertiary/aromatic N) is 1. The Kier molecular flexibility index (Phi) is 4.42. The number of unbranched alkanes of at least 4 members (excludes halogenated alkanes) is 1. The van der Waals surface area contributed by atoms with E-state index in [1.54, 1.807) is 18.2 Å². The Hall–Kier alpha value is -2.62. The molecule has 1 N–H and O–H groups in total. The molecule has 0 aliphatic carbocycles. The second-order valence-corrected chi connectivity index (χ2v) is 5.69. The number of aromatic nitrogens is 1. The highest BCUT2D eigenvalue weighted by Gasteiger charge is 2.10. The third kappa shape index (κ3) is 3.59. The van der Waals surface area contributed by atoms with Crippen LogP contribution in [0.1, 0.15) is 30.9 Å². The highest BCUT2D eigenvalue weighted by molar-refractivity contribution is 5.79. The predicted molar refractivity (Wildman–Crippen MR) is 89.4 cm³/mol. The summed E-state index contributed by atoms with van der Waals surface area (Å²) in [6.45, 7) is 2.19. The van der Waals surface area contributed by atoms with Crippen LogP contribution in [0.4, 0.5) is 0 Å². The van der Waals surface area contributed by atoms with Gasteiger partial charge in [0.05, 0.1) is 6.42 Å². The number of hydrogen-bond acceptors (Lipinski definition) is 3. The molecule has 23 heavy (non-hydrogen) atoms. The van der Waals surface area contributed by atoms with E-state index in [-0.39, 0.29) is 6.42 Å². The number of hydrogen-bond donors (Lipinski definition) is 1. The number of oxazole rings is 1. The molecule has 1 aromatic heterocycles. The summed E-state index contributed by atoms with van der Waals surface area (Å²) in [6.07, 6.45) is 3.45. The Labute approximate surface area is 134 Å². The van der Waals surface area contributed by atoms with Gasteiger partial charge in [-0.15, -0.1) is 0 Å². The second-order valence-electron chi connectivity index (χ2n) is 5.69. The Morgan fingerprint density at radius 1 is 1.13 bits per heavy atom. The molecule has 3 rings (SSSR count). The number of carboxylic acid groups (broad SMARTS) is 1. The lowest BCUT2D eigenvalue weighted by Crippen LogP contribution is -1.99. The fourth-order valence-electron chi connectivity index (χ4n) is 2.58. The molecule has 1 heterocycles. The monoisotopic (exact) mass is 309 g/mol. The van der Waals surface area contributed by atoms with Crippen LogP contribution in [-0.4, -0.2) is 16.1 Å². The third-order valence-corrected chi connectivity index (χ3v) is 3.83. The van der Waals surface area contributed by atoms with Crippen molar-refractivity contribution in [2.24, 2.45) is 0 Å². The quantitative estimate of drug-likeness (QED) is 0.730. The summed E-state index contributed by atoms with van der Waals surface area (Å²) in [6, 6.07) is 13.6. The number of rotatable bonds is 6. The zero-order valence-electron chi connectivity index (χ0n) is 13.1. The first-order valence-corrected chi connectivity index (χ1v) is 7.86. The Morgan fingerprint density at radius 2 is 1.87 bits per heavy atom. The normalized spacial score (nSPS) is 11.0. The van der Waals surface area contributed by atoms with Crippen LogP contribution in [0.3, 0.4) is 0 Å². The summed E-state index contributed by atoms with van der Waals surface area (Å²) >= 11 is 0. The average Bonchev–Trinajstić information content (AvgIpc) is 2.96. The first kappa shape index (κ1) is 15.3. The van der Waals surface area contributed by atoms with Gasteiger partial charge in [-0.2, -0.15) is 0 Å². The van der Waals surface area contributed by atoms with Crippen molar-refractivity contribution in [1.82, 2.24) is 4.98 Å². The van der Waals surface area contributed by atoms with E-state index in [1.165, 1.54) is 18.4 Å². The van der Waals surface area contributed by atoms with Gasteiger partial charge in [-0.25, -0.2) is 4.98 Å². The van der Waals surface area contributed by atoms with Crippen molar-refractivity contribution in [1.29, 1.82) is 0 Å². The van der Waals surface area contributed by atoms with E-state index in [1.807, 2.05) is 12.1 Å². The standard InChI is InChI=1S/C19H19NO3/c1-2-3-4-13-5-8-15(9-6-13)19-20-16-11-14(12-18(21)22)7-10-17(16)23-19/h5-11H,2-4,12H2,1H3,(H,21,22). The van der Waals surface area contributed by atoms with Gasteiger partial charge in [0.25, 0.3) is 0 Å². The maximum Gasteiger partial charge on any atom is 0.307 e. The first-order valence-electron chi connectivity index (χ1n) is 7.86. The molecular weight excluding hydrogens is 290 g/mol. The van der Waals surface area contributed by atoms with Gasteiger partial charge in [-0.1, -0.05) is 31.5 Å². The van der Waals surface area contributed by atoms with Crippen molar-refractivity contribution in [3.63, 3.8) is 0 Å². The maximum atomic E-state index is 10.8. The zero-order valence-corrected chi connectivity index (χ0v) is 13.1. The minimum atomic E-state index is -0.851. The number of carboxylic acids is 1. The van der Waals surface area contributed by atoms with Crippen molar-refractivity contribution in [3.8, 4) is 11.5 Å². The molecule has 0 unspecified atom stereocenters. The van der Waals surface area contributed by atoms with Crippen LogP contribution in [0.2, 0.25) is 0 Å². The Balaban J connectivity index is 1.86. The minimum Gasteiger partial charge on any atom is -0.481 e. The zero-order chi connectivity index (χ0) is 16.2. The Bertz CT molecular complexity index is 818. The van der Waals surface area contributed by atoms with Gasteiger partial charge in [-0.3, -0.25) is 4.79 Å². The van der Waals surface area contributed by atoms with Gasteiger partial charge >= 0.3 is 5.97 Å². The molecule has 4 heteroatoms. The van der Waals surface area contributed by atoms with Crippen molar-refractivity contribution in [2.75, 3.05) is 0 Å². The largest absolute Gasteiger partial charge is 0.481 e. The van der Waals surface area contributed by atoms with E-state index >= 15 is 0 Å². The van der Waals surface area contributed by atoms with Gasteiger partial charge in [0.15, 0.2) is 5.58 Å². The molecule has 0 saturated heterocycles. The molecule has 0 aliphatic heterocycles. The summed E-state index contributed by atoms with van der Waals surface area (Å²) < 4.78 is 5.78. The predicted octanol–water partition coefficient (Wildman–Crippen LogP) is 4.46. The highest BCUT2D eigenvalue weighted by atomic mass is 16.4. The fourth-order valence-corrected chi connectivity index (χ4v) is 2.58. The van der Waals surface area contributed by atoms with Crippen LogP contribution < -0.4 is 0 Å². The smallest absolute Gasteiger partial charge is 0.307 e. The summed E-state index contributed by atoms with van der Waals surface area (Å²) in [5.41, 5.74) is 4.33. The Morgan fingerprint density at radius 3 is 2.57 bits per heavy atom. The van der Waals surface area contributed by atoms with Crippen LogP contribution in [-0.2, 0) is 17.6 Å². The van der Waals surface area contributed by atoms with Gasteiger partial charge in [0.2, 0.25) is 5.89 Å². The van der Waals surface area contributed by atoms with Crippen LogP contribution in [0.5, 0.6) is 0 Å². The van der Waals surface area contributed by atoms with Crippen LogP contribution in [0, 0.1) is 0 Å². The molecular formula is C19H19NO3. The number of aryl methyl sites for hydroxylation is 1. The number of benzene rings is 2. The topological polar surface area (TPSA) is 63.3 Å². The lowest BCUT2D eigenvalue weighted by molar-refractivity contribution is -0.136. The lowest BCUT2D eigenvalue weighted by atomic mass is 10.1. The molecule has 0 fully saturated rings. The van der Waals surface area contributed by atoms with Gasteiger partial charge in [0.1, 0.15) is 5.52 Å². The molecule has 0 saturated carbocycles.